The molecule has 1 aromatic heterocycles. The van der Waals surface area contributed by atoms with Gasteiger partial charge in [0.2, 0.25) is 0 Å². The molecule has 1 heterocycles. The van der Waals surface area contributed by atoms with Crippen LogP contribution in [-0.4, -0.2) is 12.4 Å². The number of fused-ring (bicyclic) bond motifs is 1. The van der Waals surface area contributed by atoms with Gasteiger partial charge in [-0.1, -0.05) is 0 Å². The van der Waals surface area contributed by atoms with E-state index in [1.165, 1.54) is 37.3 Å². The number of ether oxygens (including phenoxy) is 1. The summed E-state index contributed by atoms with van der Waals surface area (Å²) < 4.78 is 37.0. The van der Waals surface area contributed by atoms with Crippen LogP contribution in [0.2, 0.25) is 0 Å². The lowest BCUT2D eigenvalue weighted by Crippen LogP contribution is -2.06. The Bertz CT molecular complexity index is 907. The van der Waals surface area contributed by atoms with Crippen LogP contribution in [0.5, 0.6) is 5.75 Å². The topological polar surface area (TPSA) is 39.4 Å². The molecule has 0 aliphatic rings. The van der Waals surface area contributed by atoms with Crippen LogP contribution in [0.3, 0.4) is 0 Å². The van der Waals surface area contributed by atoms with E-state index in [1.54, 1.807) is 6.26 Å². The zero-order chi connectivity index (χ0) is 18.6. The van der Waals surface area contributed by atoms with E-state index in [9.17, 15) is 13.6 Å². The summed E-state index contributed by atoms with van der Waals surface area (Å²) in [5, 5.41) is 0.821. The molecule has 0 atom stereocenters. The summed E-state index contributed by atoms with van der Waals surface area (Å²) in [6, 6.07) is 6.91. The summed E-state index contributed by atoms with van der Waals surface area (Å²) >= 11 is 6.35. The zero-order valence-corrected chi connectivity index (χ0v) is 16.6. The van der Waals surface area contributed by atoms with Gasteiger partial charge in [-0.15, -0.1) is 0 Å². The molecule has 0 saturated carbocycles. The molecule has 132 valence electrons. The number of carbonyl (C=O) groups is 1. The standard InChI is InChI=1S/C9H8BrFO2.C9H6BrFO/c1-6(12)5-13-9-3-2-7(11)4-8(9)10;1-5-4-12-9-7(5)2-6(11)3-8(9)10/h2-4H,5H2,1H3;2-4H,1H3. The van der Waals surface area contributed by atoms with Crippen molar-refractivity contribution >= 4 is 48.6 Å². The van der Waals surface area contributed by atoms with Crippen molar-refractivity contribution in [2.24, 2.45) is 0 Å². The van der Waals surface area contributed by atoms with Crippen molar-refractivity contribution in [3.05, 3.63) is 62.7 Å². The molecule has 0 radical (unpaired) electrons. The van der Waals surface area contributed by atoms with E-state index < -0.39 is 0 Å². The van der Waals surface area contributed by atoms with Crippen molar-refractivity contribution < 1.29 is 22.7 Å². The van der Waals surface area contributed by atoms with Crippen molar-refractivity contribution in [2.75, 3.05) is 6.61 Å². The van der Waals surface area contributed by atoms with Crippen molar-refractivity contribution in [1.82, 2.24) is 0 Å². The third kappa shape index (κ3) is 5.37. The Kier molecular flexibility index (Phi) is 6.72. The molecule has 0 fully saturated rings. The molecule has 0 aliphatic carbocycles. The number of aryl methyl sites for hydroxylation is 1. The average Bonchev–Trinajstić information content (AvgIpc) is 2.88. The van der Waals surface area contributed by atoms with Crippen LogP contribution >= 0.6 is 31.9 Å². The molecule has 3 nitrogen and oxygen atoms in total. The maximum absolute atomic E-state index is 12.9. The molecule has 0 spiro atoms. The van der Waals surface area contributed by atoms with Crippen LogP contribution in [-0.2, 0) is 4.79 Å². The molecule has 0 amide bonds. The number of halogens is 4. The summed E-state index contributed by atoms with van der Waals surface area (Å²) in [6.07, 6.45) is 1.62. The quantitative estimate of drug-likeness (QED) is 0.452. The van der Waals surface area contributed by atoms with Gasteiger partial charge in [-0.05, 0) is 81.6 Å². The summed E-state index contributed by atoms with van der Waals surface area (Å²) in [4.78, 5) is 10.6. The molecule has 0 bridgehead atoms. The molecular weight excluding hydrogens is 462 g/mol. The minimum Gasteiger partial charge on any atom is -0.485 e. The first-order chi connectivity index (χ1) is 11.8. The number of furan rings is 1. The van der Waals surface area contributed by atoms with E-state index in [0.717, 1.165) is 10.9 Å². The highest BCUT2D eigenvalue weighted by atomic mass is 79.9. The molecule has 3 rings (SSSR count). The Labute approximate surface area is 160 Å². The van der Waals surface area contributed by atoms with Crippen molar-refractivity contribution in [1.29, 1.82) is 0 Å². The maximum atomic E-state index is 12.9. The fourth-order valence-electron chi connectivity index (χ4n) is 1.96. The zero-order valence-electron chi connectivity index (χ0n) is 13.4. The summed E-state index contributed by atoms with van der Waals surface area (Å²) in [5.74, 6) is -0.200. The molecule has 7 heteroatoms. The second-order valence-corrected chi connectivity index (χ2v) is 6.96. The summed E-state index contributed by atoms with van der Waals surface area (Å²) in [6.45, 7) is 3.32. The van der Waals surface area contributed by atoms with Gasteiger partial charge < -0.3 is 9.15 Å². The molecule has 0 unspecified atom stereocenters. The van der Waals surface area contributed by atoms with Gasteiger partial charge in [0, 0.05) is 5.39 Å². The Morgan fingerprint density at radius 1 is 1.12 bits per heavy atom. The monoisotopic (exact) mass is 474 g/mol. The van der Waals surface area contributed by atoms with Crippen LogP contribution < -0.4 is 4.74 Å². The SMILES string of the molecule is CC(=O)COc1ccc(F)cc1Br.Cc1coc2c(Br)cc(F)cc12. The molecule has 0 N–H and O–H groups in total. The van der Waals surface area contributed by atoms with E-state index >= 15 is 0 Å². The predicted octanol–water partition coefficient (Wildman–Crippen LogP) is 6.20. The number of ketones is 1. The molecule has 25 heavy (non-hydrogen) atoms. The minimum atomic E-state index is -0.345. The van der Waals surface area contributed by atoms with Gasteiger partial charge in [0.15, 0.2) is 5.78 Å². The fourth-order valence-corrected chi connectivity index (χ4v) is 2.95. The van der Waals surface area contributed by atoms with Crippen LogP contribution in [0.25, 0.3) is 11.0 Å². The van der Waals surface area contributed by atoms with Gasteiger partial charge in [-0.2, -0.15) is 0 Å². The number of hydrogen-bond donors (Lipinski definition) is 0. The van der Waals surface area contributed by atoms with Gasteiger partial charge in [0.05, 0.1) is 15.2 Å². The molecular formula is C18H14Br2F2O3. The molecule has 2 aromatic carbocycles. The largest absolute Gasteiger partial charge is 0.485 e. The first kappa shape index (κ1) is 19.6. The Morgan fingerprint density at radius 2 is 1.80 bits per heavy atom. The lowest BCUT2D eigenvalue weighted by Gasteiger charge is -2.05. The Morgan fingerprint density at radius 3 is 2.44 bits per heavy atom. The van der Waals surface area contributed by atoms with Gasteiger partial charge in [0.1, 0.15) is 29.6 Å². The maximum Gasteiger partial charge on any atom is 0.167 e. The summed E-state index contributed by atoms with van der Waals surface area (Å²) in [7, 11) is 0. The van der Waals surface area contributed by atoms with Crippen LogP contribution in [0.1, 0.15) is 12.5 Å². The second kappa shape index (κ2) is 8.58. The highest BCUT2D eigenvalue weighted by Gasteiger charge is 2.07. The number of carbonyl (C=O) groups excluding carboxylic acids is 1. The molecule has 3 aromatic rings. The molecule has 0 saturated heterocycles. The second-order valence-electron chi connectivity index (χ2n) is 5.25. The highest BCUT2D eigenvalue weighted by Crippen LogP contribution is 2.28. The number of Topliss-reactive ketones (excluding diaryl/α,β-unsaturated/α-hetero) is 1. The van der Waals surface area contributed by atoms with E-state index in [-0.39, 0.29) is 24.0 Å². The third-order valence-electron chi connectivity index (χ3n) is 3.11. The lowest BCUT2D eigenvalue weighted by molar-refractivity contribution is -0.118. The highest BCUT2D eigenvalue weighted by molar-refractivity contribution is 9.11. The number of benzene rings is 2. The molecule has 0 aliphatic heterocycles. The average molecular weight is 476 g/mol. The van der Waals surface area contributed by atoms with Crippen molar-refractivity contribution in [2.45, 2.75) is 13.8 Å². The third-order valence-corrected chi connectivity index (χ3v) is 4.32. The van der Waals surface area contributed by atoms with Crippen LogP contribution in [0.15, 0.2) is 50.0 Å². The normalized spacial score (nSPS) is 10.3. The van der Waals surface area contributed by atoms with Crippen molar-refractivity contribution in [3.8, 4) is 5.75 Å². The van der Waals surface area contributed by atoms with Crippen molar-refractivity contribution in [3.63, 3.8) is 0 Å². The van der Waals surface area contributed by atoms with Gasteiger partial charge in [-0.25, -0.2) is 8.78 Å². The first-order valence-corrected chi connectivity index (χ1v) is 8.76. The van der Waals surface area contributed by atoms with Gasteiger partial charge in [-0.3, -0.25) is 4.79 Å². The van der Waals surface area contributed by atoms with E-state index in [0.29, 0.717) is 20.3 Å². The smallest absolute Gasteiger partial charge is 0.167 e. The first-order valence-electron chi connectivity index (χ1n) is 7.18. The van der Waals surface area contributed by atoms with E-state index in [1.807, 2.05) is 6.92 Å². The predicted molar refractivity (Wildman–Crippen MR) is 98.9 cm³/mol. The van der Waals surface area contributed by atoms with E-state index in [4.69, 9.17) is 9.15 Å². The van der Waals surface area contributed by atoms with E-state index in [2.05, 4.69) is 31.9 Å². The summed E-state index contributed by atoms with van der Waals surface area (Å²) in [5.41, 5.74) is 1.65. The van der Waals surface area contributed by atoms with Gasteiger partial charge in [0.25, 0.3) is 0 Å². The van der Waals surface area contributed by atoms with Crippen LogP contribution in [0.4, 0.5) is 8.78 Å². The lowest BCUT2D eigenvalue weighted by atomic mass is 10.2. The fraction of sp³-hybridized carbons (Fsp3) is 0.167. The number of hydrogen-bond acceptors (Lipinski definition) is 3. The Balaban J connectivity index is 0.000000181. The minimum absolute atomic E-state index is 0.00420. The van der Waals surface area contributed by atoms with Gasteiger partial charge >= 0.3 is 0 Å². The Hall–Kier alpha value is -1.73. The van der Waals surface area contributed by atoms with Crippen LogP contribution in [0, 0.1) is 18.6 Å². The number of rotatable bonds is 3.